The molecule has 7 atom stereocenters. The molecule has 4 N–H and O–H groups in total. The number of ether oxygens (including phenoxy) is 1. The van der Waals surface area contributed by atoms with Gasteiger partial charge in [0.1, 0.15) is 11.7 Å². The molecule has 5 heteroatoms. The van der Waals surface area contributed by atoms with Gasteiger partial charge < -0.3 is 25.4 Å². The van der Waals surface area contributed by atoms with Crippen molar-refractivity contribution >= 4 is 0 Å². The van der Waals surface area contributed by atoms with Crippen LogP contribution in [0.1, 0.15) is 64.5 Å². The number of aromatic hydroxyl groups is 1. The highest BCUT2D eigenvalue weighted by atomic mass is 16.5. The molecule has 1 aromatic carbocycles. The molecule has 158 valence electrons. The summed E-state index contributed by atoms with van der Waals surface area (Å²) in [6.45, 7) is 8.97. The van der Waals surface area contributed by atoms with Gasteiger partial charge in [-0.25, -0.2) is 0 Å². The van der Waals surface area contributed by atoms with Crippen LogP contribution in [0.5, 0.6) is 11.5 Å². The fraction of sp³-hybridized carbons (Fsp3) is 0.750. The van der Waals surface area contributed by atoms with Gasteiger partial charge in [-0.05, 0) is 62.6 Å². The van der Waals surface area contributed by atoms with Gasteiger partial charge in [-0.2, -0.15) is 0 Å². The highest BCUT2D eigenvalue weighted by molar-refractivity contribution is 5.63. The summed E-state index contributed by atoms with van der Waals surface area (Å²) in [5, 5.41) is 38.5. The zero-order valence-electron chi connectivity index (χ0n) is 17.9. The second kappa shape index (κ2) is 4.95. The van der Waals surface area contributed by atoms with Gasteiger partial charge in [-0.3, -0.25) is 0 Å². The lowest BCUT2D eigenvalue weighted by molar-refractivity contribution is -0.295. The Balaban J connectivity index is 1.63. The Morgan fingerprint density at radius 1 is 1.14 bits per heavy atom. The van der Waals surface area contributed by atoms with Gasteiger partial charge >= 0.3 is 0 Å². The lowest BCUT2D eigenvalue weighted by atomic mass is 9.33. The van der Waals surface area contributed by atoms with E-state index in [0.29, 0.717) is 18.2 Å². The molecule has 4 aliphatic carbocycles. The summed E-state index contributed by atoms with van der Waals surface area (Å²) in [4.78, 5) is 0. The van der Waals surface area contributed by atoms with Crippen LogP contribution in [0.2, 0.25) is 0 Å². The molecule has 6 aliphatic rings. The lowest BCUT2D eigenvalue weighted by Gasteiger charge is -2.73. The number of rotatable bonds is 1. The largest absolute Gasteiger partial charge is 0.504 e. The molecule has 4 bridgehead atoms. The van der Waals surface area contributed by atoms with Crippen LogP contribution in [0, 0.1) is 16.7 Å². The Bertz CT molecular complexity index is 920. The van der Waals surface area contributed by atoms with Gasteiger partial charge in [0.25, 0.3) is 0 Å². The van der Waals surface area contributed by atoms with Crippen molar-refractivity contribution in [1.82, 2.24) is 5.32 Å². The number of nitrogens with one attached hydrogen (secondary N) is 1. The Kier molecular flexibility index (Phi) is 3.15. The van der Waals surface area contributed by atoms with Crippen LogP contribution in [0.25, 0.3) is 0 Å². The van der Waals surface area contributed by atoms with Crippen LogP contribution >= 0.6 is 0 Å². The van der Waals surface area contributed by atoms with Crippen molar-refractivity contribution in [2.24, 2.45) is 16.7 Å². The molecule has 0 aromatic heterocycles. The number of hydrogen-bond donors (Lipinski definition) is 4. The molecule has 2 spiro atoms. The second-order valence-corrected chi connectivity index (χ2v) is 11.7. The standard InChI is InChI=1S/C24H33NO4/c1-20(2,3)21(4,27)15-12-22-7-8-24(15,28)19-23(22)9-10-25-16(22)11-13-5-6-14(26)18(29-19)17(13)23/h5-6,15-16,19,25-28H,7-12H2,1-4H3/t15-,16-,19-,21+,22-,23+,24?/m1/s1. The first kappa shape index (κ1) is 18.5. The van der Waals surface area contributed by atoms with E-state index in [2.05, 4.69) is 26.1 Å². The summed E-state index contributed by atoms with van der Waals surface area (Å²) < 4.78 is 6.54. The van der Waals surface area contributed by atoms with Crippen molar-refractivity contribution in [2.45, 2.75) is 88.6 Å². The van der Waals surface area contributed by atoms with Crippen molar-refractivity contribution in [2.75, 3.05) is 6.54 Å². The Labute approximate surface area is 172 Å². The maximum Gasteiger partial charge on any atom is 0.165 e. The molecule has 2 aliphatic heterocycles. The number of benzene rings is 1. The fourth-order valence-electron chi connectivity index (χ4n) is 8.21. The molecule has 0 amide bonds. The SMILES string of the molecule is CC(C)(C)[C@@](C)(O)[C@H]1C[C@@]23CCC1(O)[C@@H]1Oc4c(O)ccc5c4[C@@]12CCN[C@@H]3C5. The van der Waals surface area contributed by atoms with Crippen LogP contribution in [0.4, 0.5) is 0 Å². The zero-order chi connectivity index (χ0) is 20.6. The first-order chi connectivity index (χ1) is 13.5. The molecule has 1 unspecified atom stereocenters. The topological polar surface area (TPSA) is 82.0 Å². The van der Waals surface area contributed by atoms with Gasteiger partial charge in [-0.1, -0.05) is 26.8 Å². The van der Waals surface area contributed by atoms with E-state index in [9.17, 15) is 15.3 Å². The van der Waals surface area contributed by atoms with Gasteiger partial charge in [-0.15, -0.1) is 0 Å². The van der Waals surface area contributed by atoms with Gasteiger partial charge in [0, 0.05) is 28.4 Å². The van der Waals surface area contributed by atoms with Crippen molar-refractivity contribution in [1.29, 1.82) is 0 Å². The number of fused-ring (bicyclic) bond motifs is 2. The summed E-state index contributed by atoms with van der Waals surface area (Å²) in [7, 11) is 0. The molecule has 1 saturated heterocycles. The first-order valence-corrected chi connectivity index (χ1v) is 11.2. The molecular formula is C24H33NO4. The van der Waals surface area contributed by atoms with Crippen LogP contribution in [-0.4, -0.2) is 45.2 Å². The number of aliphatic hydroxyl groups is 2. The Morgan fingerprint density at radius 3 is 2.62 bits per heavy atom. The van der Waals surface area contributed by atoms with E-state index in [-0.39, 0.29) is 27.9 Å². The van der Waals surface area contributed by atoms with E-state index < -0.39 is 17.3 Å². The third-order valence-electron chi connectivity index (χ3n) is 10.0. The quantitative estimate of drug-likeness (QED) is 0.584. The number of phenols is 1. The van der Waals surface area contributed by atoms with Crippen molar-refractivity contribution < 1.29 is 20.1 Å². The van der Waals surface area contributed by atoms with E-state index in [1.54, 1.807) is 6.07 Å². The minimum Gasteiger partial charge on any atom is -0.504 e. The summed E-state index contributed by atoms with van der Waals surface area (Å²) in [6.07, 6.45) is 3.78. The predicted molar refractivity (Wildman–Crippen MR) is 109 cm³/mol. The van der Waals surface area contributed by atoms with Crippen molar-refractivity contribution in [3.8, 4) is 11.5 Å². The minimum absolute atomic E-state index is 0.0631. The van der Waals surface area contributed by atoms with Gasteiger partial charge in [0.15, 0.2) is 11.5 Å². The summed E-state index contributed by atoms with van der Waals surface area (Å²) in [6, 6.07) is 4.10. The third-order valence-corrected chi connectivity index (χ3v) is 10.0. The molecule has 3 saturated carbocycles. The molecule has 7 rings (SSSR count). The van der Waals surface area contributed by atoms with Crippen LogP contribution in [0.3, 0.4) is 0 Å². The maximum absolute atomic E-state index is 12.3. The molecule has 0 radical (unpaired) electrons. The van der Waals surface area contributed by atoms with E-state index >= 15 is 0 Å². The number of phenolic OH excluding ortho intramolecular Hbond substituents is 1. The number of piperidine rings is 1. The lowest BCUT2D eigenvalue weighted by Crippen LogP contribution is -2.82. The van der Waals surface area contributed by atoms with Crippen LogP contribution < -0.4 is 10.1 Å². The molecule has 1 aromatic rings. The predicted octanol–water partition coefficient (Wildman–Crippen LogP) is 2.64. The summed E-state index contributed by atoms with van der Waals surface area (Å²) in [5.41, 5.74) is -0.448. The molecule has 5 nitrogen and oxygen atoms in total. The van der Waals surface area contributed by atoms with E-state index in [1.807, 2.05) is 13.0 Å². The second-order valence-electron chi connectivity index (χ2n) is 11.7. The molecule has 29 heavy (non-hydrogen) atoms. The van der Waals surface area contributed by atoms with Gasteiger partial charge in [0.2, 0.25) is 0 Å². The first-order valence-electron chi connectivity index (χ1n) is 11.2. The van der Waals surface area contributed by atoms with E-state index in [1.165, 1.54) is 5.56 Å². The molecule has 2 heterocycles. The Morgan fingerprint density at radius 2 is 1.90 bits per heavy atom. The molecular weight excluding hydrogens is 366 g/mol. The minimum atomic E-state index is -1.11. The summed E-state index contributed by atoms with van der Waals surface area (Å²) in [5.74, 6) is 0.498. The van der Waals surface area contributed by atoms with Crippen LogP contribution in [-0.2, 0) is 11.8 Å². The fourth-order valence-corrected chi connectivity index (χ4v) is 8.21. The average Bonchev–Trinajstić information content (AvgIpc) is 2.99. The summed E-state index contributed by atoms with van der Waals surface area (Å²) >= 11 is 0. The van der Waals surface area contributed by atoms with Crippen molar-refractivity contribution in [3.63, 3.8) is 0 Å². The van der Waals surface area contributed by atoms with Gasteiger partial charge in [0.05, 0.1) is 5.60 Å². The monoisotopic (exact) mass is 399 g/mol. The molecule has 4 fully saturated rings. The highest BCUT2D eigenvalue weighted by Gasteiger charge is 2.81. The van der Waals surface area contributed by atoms with E-state index in [4.69, 9.17) is 4.74 Å². The van der Waals surface area contributed by atoms with Crippen LogP contribution in [0.15, 0.2) is 12.1 Å². The zero-order valence-corrected chi connectivity index (χ0v) is 17.9. The third kappa shape index (κ3) is 1.74. The van der Waals surface area contributed by atoms with Crippen molar-refractivity contribution in [3.05, 3.63) is 23.3 Å². The Hall–Kier alpha value is -1.30. The number of hydrogen-bond acceptors (Lipinski definition) is 5. The smallest absolute Gasteiger partial charge is 0.165 e. The normalized spacial score (nSPS) is 46.1. The maximum atomic E-state index is 12.3. The van der Waals surface area contributed by atoms with E-state index in [0.717, 1.165) is 37.8 Å². The highest BCUT2D eigenvalue weighted by Crippen LogP contribution is 2.76. The average molecular weight is 400 g/mol.